The average molecular weight is 272 g/mol. The molecule has 0 aromatic heterocycles. The van der Waals surface area contributed by atoms with Crippen LogP contribution >= 0.6 is 0 Å². The molecular formula is C12H17FN2O2S. The van der Waals surface area contributed by atoms with Gasteiger partial charge < -0.3 is 5.32 Å². The Labute approximate surface area is 107 Å². The van der Waals surface area contributed by atoms with Crippen LogP contribution in [0.2, 0.25) is 0 Å². The summed E-state index contributed by atoms with van der Waals surface area (Å²) in [6.07, 6.45) is 0. The number of sulfonamides is 1. The van der Waals surface area contributed by atoms with Gasteiger partial charge in [0.25, 0.3) is 0 Å². The van der Waals surface area contributed by atoms with Crippen LogP contribution < -0.4 is 9.62 Å². The van der Waals surface area contributed by atoms with Crippen molar-refractivity contribution >= 4 is 15.7 Å². The first kappa shape index (κ1) is 13.3. The van der Waals surface area contributed by atoms with E-state index in [0.29, 0.717) is 13.1 Å². The molecule has 1 saturated heterocycles. The van der Waals surface area contributed by atoms with E-state index in [2.05, 4.69) is 5.32 Å². The van der Waals surface area contributed by atoms with Crippen molar-refractivity contribution < 1.29 is 12.8 Å². The Bertz CT molecular complexity index is 543. The van der Waals surface area contributed by atoms with Gasteiger partial charge in [0.15, 0.2) is 0 Å². The number of benzene rings is 1. The third kappa shape index (κ3) is 2.10. The first-order chi connectivity index (χ1) is 8.36. The van der Waals surface area contributed by atoms with Gasteiger partial charge in [-0.1, -0.05) is 12.1 Å². The minimum atomic E-state index is -3.58. The van der Waals surface area contributed by atoms with Crippen LogP contribution in [0.5, 0.6) is 0 Å². The Morgan fingerprint density at radius 3 is 2.67 bits per heavy atom. The van der Waals surface area contributed by atoms with E-state index in [9.17, 15) is 12.8 Å². The molecule has 1 N–H and O–H groups in total. The van der Waals surface area contributed by atoms with Gasteiger partial charge in [0.05, 0.1) is 10.4 Å². The lowest BCUT2D eigenvalue weighted by molar-refractivity contribution is 0.534. The highest BCUT2D eigenvalue weighted by molar-refractivity contribution is 7.94. The summed E-state index contributed by atoms with van der Waals surface area (Å²) in [4.78, 5) is 0. The molecule has 1 aromatic rings. The molecule has 0 unspecified atom stereocenters. The second-order valence-electron chi connectivity index (χ2n) is 4.97. The van der Waals surface area contributed by atoms with Crippen LogP contribution in [0.15, 0.2) is 24.3 Å². The normalized spacial score (nSPS) is 22.5. The van der Waals surface area contributed by atoms with Crippen LogP contribution in [-0.4, -0.2) is 32.8 Å². The summed E-state index contributed by atoms with van der Waals surface area (Å²) in [7, 11) is -3.58. The number of halogens is 1. The van der Waals surface area contributed by atoms with Crippen molar-refractivity contribution in [1.29, 1.82) is 0 Å². The highest BCUT2D eigenvalue weighted by atomic mass is 32.2. The van der Waals surface area contributed by atoms with Gasteiger partial charge in [-0.05, 0) is 26.0 Å². The molecule has 0 aliphatic carbocycles. The van der Waals surface area contributed by atoms with Gasteiger partial charge >= 0.3 is 0 Å². The van der Waals surface area contributed by atoms with Gasteiger partial charge in [-0.2, -0.15) is 0 Å². The summed E-state index contributed by atoms with van der Waals surface area (Å²) < 4.78 is 39.0. The molecule has 6 heteroatoms. The monoisotopic (exact) mass is 272 g/mol. The molecular weight excluding hydrogens is 255 g/mol. The van der Waals surface area contributed by atoms with E-state index in [0.717, 1.165) is 0 Å². The maximum Gasteiger partial charge on any atom is 0.241 e. The minimum Gasteiger partial charge on any atom is -0.313 e. The quantitative estimate of drug-likeness (QED) is 0.839. The van der Waals surface area contributed by atoms with Gasteiger partial charge in [0, 0.05) is 19.6 Å². The summed E-state index contributed by atoms with van der Waals surface area (Å²) in [5, 5.41) is 3.07. The van der Waals surface area contributed by atoms with Gasteiger partial charge in [-0.25, -0.2) is 12.8 Å². The van der Waals surface area contributed by atoms with E-state index in [1.165, 1.54) is 16.4 Å². The lowest BCUT2D eigenvalue weighted by Gasteiger charge is -2.30. The summed E-state index contributed by atoms with van der Waals surface area (Å²) in [6.45, 7) is 4.41. The fourth-order valence-electron chi connectivity index (χ4n) is 1.98. The molecule has 4 nitrogen and oxygen atoms in total. The van der Waals surface area contributed by atoms with E-state index in [4.69, 9.17) is 0 Å². The number of nitrogens with one attached hydrogen (secondary N) is 1. The molecule has 0 radical (unpaired) electrons. The number of para-hydroxylation sites is 1. The Morgan fingerprint density at radius 2 is 2.00 bits per heavy atom. The average Bonchev–Trinajstić information content (AvgIpc) is 2.39. The van der Waals surface area contributed by atoms with E-state index < -0.39 is 20.6 Å². The molecule has 2 rings (SSSR count). The molecule has 1 aliphatic rings. The molecule has 1 aliphatic heterocycles. The zero-order chi connectivity index (χ0) is 13.4. The SMILES string of the molecule is CC1(C)CNCCN(c2ccccc2F)S1(=O)=O. The second kappa shape index (κ2) is 4.51. The van der Waals surface area contributed by atoms with Crippen molar-refractivity contribution in [3.8, 4) is 0 Å². The van der Waals surface area contributed by atoms with Crippen molar-refractivity contribution in [1.82, 2.24) is 5.32 Å². The number of hydrogen-bond acceptors (Lipinski definition) is 3. The summed E-state index contributed by atoms with van der Waals surface area (Å²) in [5.74, 6) is -0.515. The van der Waals surface area contributed by atoms with Crippen molar-refractivity contribution in [2.75, 3.05) is 23.9 Å². The third-order valence-electron chi connectivity index (χ3n) is 3.15. The molecule has 1 aromatic carbocycles. The largest absolute Gasteiger partial charge is 0.313 e. The smallest absolute Gasteiger partial charge is 0.241 e. The molecule has 18 heavy (non-hydrogen) atoms. The fraction of sp³-hybridized carbons (Fsp3) is 0.500. The molecule has 100 valence electrons. The maximum atomic E-state index is 13.8. The third-order valence-corrected chi connectivity index (χ3v) is 5.65. The van der Waals surface area contributed by atoms with Crippen LogP contribution in [0.25, 0.3) is 0 Å². The highest BCUT2D eigenvalue weighted by Gasteiger charge is 2.41. The highest BCUT2D eigenvalue weighted by Crippen LogP contribution is 2.29. The Kier molecular flexibility index (Phi) is 3.33. The van der Waals surface area contributed by atoms with Gasteiger partial charge in [-0.3, -0.25) is 4.31 Å². The first-order valence-corrected chi connectivity index (χ1v) is 7.28. The van der Waals surface area contributed by atoms with Crippen LogP contribution in [0.4, 0.5) is 10.1 Å². The van der Waals surface area contributed by atoms with Crippen LogP contribution in [0.1, 0.15) is 13.8 Å². The predicted octanol–water partition coefficient (Wildman–Crippen LogP) is 1.34. The van der Waals surface area contributed by atoms with Gasteiger partial charge in [0.1, 0.15) is 5.82 Å². The molecule has 1 heterocycles. The zero-order valence-electron chi connectivity index (χ0n) is 10.5. The summed E-state index contributed by atoms with van der Waals surface area (Å²) in [6, 6.07) is 5.95. The van der Waals surface area contributed by atoms with E-state index >= 15 is 0 Å². The van der Waals surface area contributed by atoms with E-state index in [1.807, 2.05) is 0 Å². The molecule has 0 atom stereocenters. The lowest BCUT2D eigenvalue weighted by Crippen LogP contribution is -2.46. The van der Waals surface area contributed by atoms with Crippen LogP contribution in [0, 0.1) is 5.82 Å². The van der Waals surface area contributed by atoms with E-state index in [1.54, 1.807) is 26.0 Å². The molecule has 0 saturated carbocycles. The topological polar surface area (TPSA) is 49.4 Å². The maximum absolute atomic E-state index is 13.8. The standard InChI is InChI=1S/C12H17FN2O2S/c1-12(2)9-14-7-8-15(18(12,16)17)11-6-4-3-5-10(11)13/h3-6,14H,7-9H2,1-2H3. The molecule has 0 amide bonds. The number of rotatable bonds is 1. The fourth-order valence-corrected chi connectivity index (χ4v) is 3.60. The zero-order valence-corrected chi connectivity index (χ0v) is 11.3. The minimum absolute atomic E-state index is 0.120. The van der Waals surface area contributed by atoms with Crippen LogP contribution in [-0.2, 0) is 10.0 Å². The first-order valence-electron chi connectivity index (χ1n) is 5.84. The molecule has 1 fully saturated rings. The van der Waals surface area contributed by atoms with Crippen molar-refractivity contribution in [2.24, 2.45) is 0 Å². The van der Waals surface area contributed by atoms with Crippen LogP contribution in [0.3, 0.4) is 0 Å². The Hall–Kier alpha value is -1.14. The second-order valence-corrected chi connectivity index (χ2v) is 7.46. The van der Waals surface area contributed by atoms with Crippen molar-refractivity contribution in [3.05, 3.63) is 30.1 Å². The van der Waals surface area contributed by atoms with Crippen molar-refractivity contribution in [2.45, 2.75) is 18.6 Å². The predicted molar refractivity (Wildman–Crippen MR) is 69.6 cm³/mol. The number of anilines is 1. The molecule has 0 bridgehead atoms. The Balaban J connectivity index is 2.52. The van der Waals surface area contributed by atoms with Gasteiger partial charge in [-0.15, -0.1) is 0 Å². The summed E-state index contributed by atoms with van der Waals surface area (Å²) >= 11 is 0. The summed E-state index contributed by atoms with van der Waals surface area (Å²) in [5.41, 5.74) is 0.120. The molecule has 0 spiro atoms. The Morgan fingerprint density at radius 1 is 1.33 bits per heavy atom. The van der Waals surface area contributed by atoms with Gasteiger partial charge in [0.2, 0.25) is 10.0 Å². The number of nitrogens with zero attached hydrogens (tertiary/aromatic N) is 1. The number of hydrogen-bond donors (Lipinski definition) is 1. The van der Waals surface area contributed by atoms with E-state index in [-0.39, 0.29) is 12.2 Å². The van der Waals surface area contributed by atoms with Crippen molar-refractivity contribution in [3.63, 3.8) is 0 Å². The lowest BCUT2D eigenvalue weighted by atomic mass is 10.2.